The van der Waals surface area contributed by atoms with Crippen molar-refractivity contribution in [1.82, 2.24) is 10.2 Å². The van der Waals surface area contributed by atoms with Crippen molar-refractivity contribution in [2.24, 2.45) is 0 Å². The molecule has 2 rings (SSSR count). The van der Waals surface area contributed by atoms with Gasteiger partial charge in [-0.3, -0.25) is 4.79 Å². The second kappa shape index (κ2) is 6.90. The quantitative estimate of drug-likeness (QED) is 0.925. The van der Waals surface area contributed by atoms with Crippen LogP contribution in [0.2, 0.25) is 5.02 Å². The largest absolute Gasteiger partial charge is 0.484 e. The Morgan fingerprint density at radius 2 is 2.40 bits per heavy atom. The lowest BCUT2D eigenvalue weighted by Crippen LogP contribution is -2.48. The molecular weight excluding hydrogens is 283 g/mol. The maximum atomic E-state index is 13.0. The van der Waals surface area contributed by atoms with E-state index in [0.717, 1.165) is 19.4 Å². The van der Waals surface area contributed by atoms with E-state index in [9.17, 15) is 9.18 Å². The monoisotopic (exact) mass is 300 g/mol. The van der Waals surface area contributed by atoms with E-state index in [0.29, 0.717) is 18.3 Å². The number of carbonyl (C=O) groups is 1. The first kappa shape index (κ1) is 15.1. The molecule has 1 aliphatic rings. The van der Waals surface area contributed by atoms with Gasteiger partial charge in [0, 0.05) is 25.2 Å². The Morgan fingerprint density at radius 1 is 1.60 bits per heavy atom. The van der Waals surface area contributed by atoms with Crippen LogP contribution in [0.4, 0.5) is 4.39 Å². The third-order valence-corrected chi connectivity index (χ3v) is 3.73. The molecule has 1 fully saturated rings. The number of halogens is 2. The lowest BCUT2D eigenvalue weighted by atomic mass is 10.1. The van der Waals surface area contributed by atoms with Crippen molar-refractivity contribution in [2.45, 2.75) is 18.9 Å². The van der Waals surface area contributed by atoms with Crippen LogP contribution in [0.25, 0.3) is 0 Å². The van der Waals surface area contributed by atoms with Crippen LogP contribution in [0.3, 0.4) is 0 Å². The van der Waals surface area contributed by atoms with E-state index in [1.54, 1.807) is 4.90 Å². The number of likely N-dealkylation sites (N-methyl/N-ethyl adjacent to an activating group) is 1. The van der Waals surface area contributed by atoms with E-state index in [2.05, 4.69) is 5.32 Å². The van der Waals surface area contributed by atoms with E-state index >= 15 is 0 Å². The minimum atomic E-state index is -0.502. The molecule has 1 N–H and O–H groups in total. The molecule has 6 heteroatoms. The fourth-order valence-corrected chi connectivity index (χ4v) is 2.41. The number of ether oxygens (including phenoxy) is 1. The number of benzene rings is 1. The van der Waals surface area contributed by atoms with Crippen LogP contribution in [-0.4, -0.2) is 43.6 Å². The van der Waals surface area contributed by atoms with Crippen LogP contribution in [0, 0.1) is 5.82 Å². The summed E-state index contributed by atoms with van der Waals surface area (Å²) in [7, 11) is 1.90. The Balaban J connectivity index is 1.86. The summed E-state index contributed by atoms with van der Waals surface area (Å²) in [5, 5.41) is 3.17. The van der Waals surface area contributed by atoms with Gasteiger partial charge in [0.25, 0.3) is 5.91 Å². The summed E-state index contributed by atoms with van der Waals surface area (Å²) < 4.78 is 18.4. The van der Waals surface area contributed by atoms with E-state index in [1.807, 2.05) is 7.05 Å². The SMILES string of the molecule is CNC1CCCN(C(=O)COc2ccc(F)c(Cl)c2)C1. The maximum Gasteiger partial charge on any atom is 0.260 e. The molecule has 0 aliphatic carbocycles. The van der Waals surface area contributed by atoms with Crippen LogP contribution in [0.1, 0.15) is 12.8 Å². The highest BCUT2D eigenvalue weighted by Crippen LogP contribution is 2.21. The number of likely N-dealkylation sites (tertiary alicyclic amines) is 1. The Bertz CT molecular complexity index is 484. The average molecular weight is 301 g/mol. The van der Waals surface area contributed by atoms with Crippen molar-refractivity contribution in [2.75, 3.05) is 26.7 Å². The van der Waals surface area contributed by atoms with Crippen LogP contribution in [0.5, 0.6) is 5.75 Å². The van der Waals surface area contributed by atoms with Crippen molar-refractivity contribution in [3.8, 4) is 5.75 Å². The molecule has 1 heterocycles. The first-order valence-corrected chi connectivity index (χ1v) is 7.01. The van der Waals surface area contributed by atoms with Gasteiger partial charge in [-0.1, -0.05) is 11.6 Å². The van der Waals surface area contributed by atoms with Gasteiger partial charge in [-0.05, 0) is 32.0 Å². The summed E-state index contributed by atoms with van der Waals surface area (Å²) in [6.07, 6.45) is 2.06. The van der Waals surface area contributed by atoms with Crippen molar-refractivity contribution < 1.29 is 13.9 Å². The molecule has 1 amide bonds. The molecule has 110 valence electrons. The number of piperidine rings is 1. The number of amides is 1. The molecule has 1 aromatic carbocycles. The minimum Gasteiger partial charge on any atom is -0.484 e. The number of hydrogen-bond acceptors (Lipinski definition) is 3. The van der Waals surface area contributed by atoms with Crippen LogP contribution < -0.4 is 10.1 Å². The van der Waals surface area contributed by atoms with E-state index in [1.165, 1.54) is 18.2 Å². The van der Waals surface area contributed by atoms with Gasteiger partial charge < -0.3 is 15.0 Å². The molecule has 1 saturated heterocycles. The Labute approximate surface area is 122 Å². The summed E-state index contributed by atoms with van der Waals surface area (Å²) in [4.78, 5) is 13.8. The summed E-state index contributed by atoms with van der Waals surface area (Å²) >= 11 is 5.66. The summed E-state index contributed by atoms with van der Waals surface area (Å²) in [6.45, 7) is 1.39. The third kappa shape index (κ3) is 3.84. The van der Waals surface area contributed by atoms with Crippen LogP contribution >= 0.6 is 11.6 Å². The Kier molecular flexibility index (Phi) is 5.20. The van der Waals surface area contributed by atoms with Gasteiger partial charge >= 0.3 is 0 Å². The molecular formula is C14H18ClFN2O2. The van der Waals surface area contributed by atoms with E-state index in [-0.39, 0.29) is 17.5 Å². The normalized spacial score (nSPS) is 18.9. The summed E-state index contributed by atoms with van der Waals surface area (Å²) in [6, 6.07) is 4.39. The van der Waals surface area contributed by atoms with Gasteiger partial charge in [-0.15, -0.1) is 0 Å². The molecule has 0 radical (unpaired) electrons. The molecule has 0 bridgehead atoms. The zero-order valence-electron chi connectivity index (χ0n) is 11.4. The molecule has 0 spiro atoms. The third-order valence-electron chi connectivity index (χ3n) is 3.44. The van der Waals surface area contributed by atoms with Gasteiger partial charge in [0.15, 0.2) is 6.61 Å². The topological polar surface area (TPSA) is 41.6 Å². The fourth-order valence-electron chi connectivity index (χ4n) is 2.24. The first-order chi connectivity index (χ1) is 9.60. The lowest BCUT2D eigenvalue weighted by Gasteiger charge is -2.32. The highest BCUT2D eigenvalue weighted by molar-refractivity contribution is 6.30. The first-order valence-electron chi connectivity index (χ1n) is 6.63. The molecule has 4 nitrogen and oxygen atoms in total. The van der Waals surface area contributed by atoms with Gasteiger partial charge in [0.05, 0.1) is 5.02 Å². The molecule has 0 aromatic heterocycles. The number of carbonyl (C=O) groups excluding carboxylic acids is 1. The summed E-state index contributed by atoms with van der Waals surface area (Å²) in [5.74, 6) is -0.171. The molecule has 1 aliphatic heterocycles. The zero-order valence-corrected chi connectivity index (χ0v) is 12.1. The smallest absolute Gasteiger partial charge is 0.260 e. The Hall–Kier alpha value is -1.33. The van der Waals surface area contributed by atoms with Gasteiger partial charge in [0.2, 0.25) is 0 Å². The molecule has 0 saturated carbocycles. The second-order valence-corrected chi connectivity index (χ2v) is 5.24. The predicted octanol–water partition coefficient (Wildman–Crippen LogP) is 2.07. The van der Waals surface area contributed by atoms with Crippen molar-refractivity contribution in [3.05, 3.63) is 29.0 Å². The van der Waals surface area contributed by atoms with E-state index < -0.39 is 5.82 Å². The number of nitrogens with one attached hydrogen (secondary N) is 1. The summed E-state index contributed by atoms with van der Waals surface area (Å²) in [5.41, 5.74) is 0. The fraction of sp³-hybridized carbons (Fsp3) is 0.500. The number of hydrogen-bond donors (Lipinski definition) is 1. The molecule has 1 unspecified atom stereocenters. The van der Waals surface area contributed by atoms with E-state index in [4.69, 9.17) is 16.3 Å². The lowest BCUT2D eigenvalue weighted by molar-refractivity contribution is -0.134. The van der Waals surface area contributed by atoms with Gasteiger partial charge in [0.1, 0.15) is 11.6 Å². The Morgan fingerprint density at radius 3 is 3.10 bits per heavy atom. The minimum absolute atomic E-state index is 0.0110. The average Bonchev–Trinajstić information content (AvgIpc) is 2.48. The van der Waals surface area contributed by atoms with Gasteiger partial charge in [-0.25, -0.2) is 4.39 Å². The second-order valence-electron chi connectivity index (χ2n) is 4.83. The predicted molar refractivity (Wildman–Crippen MR) is 75.6 cm³/mol. The molecule has 1 atom stereocenters. The molecule has 20 heavy (non-hydrogen) atoms. The molecule has 1 aromatic rings. The number of nitrogens with zero attached hydrogens (tertiary/aromatic N) is 1. The van der Waals surface area contributed by atoms with Gasteiger partial charge in [-0.2, -0.15) is 0 Å². The standard InChI is InChI=1S/C14H18ClFN2O2/c1-17-10-3-2-6-18(8-10)14(19)9-20-11-4-5-13(16)12(15)7-11/h4-5,7,10,17H,2-3,6,8-9H2,1H3. The van der Waals surface area contributed by atoms with Crippen molar-refractivity contribution in [3.63, 3.8) is 0 Å². The van der Waals surface area contributed by atoms with Crippen molar-refractivity contribution in [1.29, 1.82) is 0 Å². The zero-order chi connectivity index (χ0) is 14.5. The maximum absolute atomic E-state index is 13.0. The number of rotatable bonds is 4. The van der Waals surface area contributed by atoms with Crippen LogP contribution in [0.15, 0.2) is 18.2 Å². The highest BCUT2D eigenvalue weighted by atomic mass is 35.5. The highest BCUT2D eigenvalue weighted by Gasteiger charge is 2.22. The van der Waals surface area contributed by atoms with Crippen LogP contribution in [-0.2, 0) is 4.79 Å². The van der Waals surface area contributed by atoms with Crippen molar-refractivity contribution >= 4 is 17.5 Å².